The molecule has 3 heterocycles. The molecular formula is C29H34ClFN2O4. The second-order valence-electron chi connectivity index (χ2n) is 10.2. The Hall–Kier alpha value is -3.03. The number of piperidine rings is 1. The first kappa shape index (κ1) is 27.0. The zero-order valence-electron chi connectivity index (χ0n) is 21.5. The summed E-state index contributed by atoms with van der Waals surface area (Å²) >= 11 is 5.85. The molecule has 1 amide bonds. The molecule has 198 valence electrons. The fourth-order valence-electron chi connectivity index (χ4n) is 4.41. The Balaban J connectivity index is 0.000000209. The van der Waals surface area contributed by atoms with Crippen LogP contribution in [0.5, 0.6) is 11.5 Å². The van der Waals surface area contributed by atoms with Gasteiger partial charge in [0.1, 0.15) is 18.0 Å². The van der Waals surface area contributed by atoms with Gasteiger partial charge in [0, 0.05) is 28.9 Å². The highest BCUT2D eigenvalue weighted by molar-refractivity contribution is 6.30. The molecule has 2 aromatic rings. The lowest BCUT2D eigenvalue weighted by Gasteiger charge is -2.31. The van der Waals surface area contributed by atoms with Gasteiger partial charge in [-0.3, -0.25) is 4.90 Å². The van der Waals surface area contributed by atoms with Gasteiger partial charge in [0.2, 0.25) is 0 Å². The van der Waals surface area contributed by atoms with Crippen molar-refractivity contribution in [3.63, 3.8) is 0 Å². The first-order valence-electron chi connectivity index (χ1n) is 12.6. The SMILES string of the molecule is CC(C)(C)OC(=O)N1C=CC=CC1.Fc1cc(Cl)ccc1[C@H]1COc2cccc(C3CCNCC3)c2O1. The molecule has 1 atom stereocenters. The number of para-hydroxylation sites is 1. The van der Waals surface area contributed by atoms with Gasteiger partial charge in [-0.2, -0.15) is 0 Å². The number of hydrogen-bond acceptors (Lipinski definition) is 5. The molecule has 0 radical (unpaired) electrons. The van der Waals surface area contributed by atoms with Crippen LogP contribution in [0.4, 0.5) is 9.18 Å². The van der Waals surface area contributed by atoms with Crippen molar-refractivity contribution in [3.8, 4) is 11.5 Å². The average molecular weight is 529 g/mol. The highest BCUT2D eigenvalue weighted by Gasteiger charge is 2.29. The van der Waals surface area contributed by atoms with E-state index in [1.165, 1.54) is 11.0 Å². The molecule has 6 nitrogen and oxygen atoms in total. The lowest BCUT2D eigenvalue weighted by Crippen LogP contribution is -2.34. The molecule has 3 aliphatic heterocycles. The van der Waals surface area contributed by atoms with Crippen LogP contribution in [0.25, 0.3) is 0 Å². The van der Waals surface area contributed by atoms with E-state index in [2.05, 4.69) is 11.4 Å². The lowest BCUT2D eigenvalue weighted by atomic mass is 9.89. The number of rotatable bonds is 2. The van der Waals surface area contributed by atoms with E-state index >= 15 is 0 Å². The topological polar surface area (TPSA) is 60.0 Å². The summed E-state index contributed by atoms with van der Waals surface area (Å²) in [4.78, 5) is 13.0. The van der Waals surface area contributed by atoms with Gasteiger partial charge in [0.15, 0.2) is 17.6 Å². The number of carbonyl (C=O) groups is 1. The molecular weight excluding hydrogens is 495 g/mol. The van der Waals surface area contributed by atoms with E-state index < -0.39 is 11.7 Å². The second-order valence-corrected chi connectivity index (χ2v) is 10.6. The van der Waals surface area contributed by atoms with E-state index in [1.54, 1.807) is 18.3 Å². The summed E-state index contributed by atoms with van der Waals surface area (Å²) in [6.07, 6.45) is 8.72. The van der Waals surface area contributed by atoms with E-state index in [1.807, 2.05) is 51.1 Å². The summed E-state index contributed by atoms with van der Waals surface area (Å²) < 4.78 is 31.5. The van der Waals surface area contributed by atoms with Crippen molar-refractivity contribution < 1.29 is 23.4 Å². The summed E-state index contributed by atoms with van der Waals surface area (Å²) in [5.74, 6) is 1.59. The van der Waals surface area contributed by atoms with Crippen LogP contribution in [0.15, 0.2) is 60.8 Å². The van der Waals surface area contributed by atoms with Crippen LogP contribution in [0.1, 0.15) is 56.8 Å². The van der Waals surface area contributed by atoms with Crippen LogP contribution in [0.3, 0.4) is 0 Å². The molecule has 1 fully saturated rings. The summed E-state index contributed by atoms with van der Waals surface area (Å²) in [7, 11) is 0. The Morgan fingerprint density at radius 2 is 1.92 bits per heavy atom. The van der Waals surface area contributed by atoms with E-state index in [4.69, 9.17) is 25.8 Å². The fourth-order valence-corrected chi connectivity index (χ4v) is 4.57. The molecule has 8 heteroatoms. The Morgan fingerprint density at radius 1 is 1.14 bits per heavy atom. The third kappa shape index (κ3) is 7.27. The van der Waals surface area contributed by atoms with Gasteiger partial charge in [-0.05, 0) is 76.9 Å². The zero-order valence-corrected chi connectivity index (χ0v) is 22.3. The molecule has 5 rings (SSSR count). The maximum absolute atomic E-state index is 14.2. The van der Waals surface area contributed by atoms with Gasteiger partial charge < -0.3 is 19.5 Å². The first-order chi connectivity index (χ1) is 17.7. The molecule has 1 saturated heterocycles. The van der Waals surface area contributed by atoms with Gasteiger partial charge in [0.25, 0.3) is 0 Å². The van der Waals surface area contributed by atoms with Crippen LogP contribution in [-0.4, -0.2) is 42.8 Å². The molecule has 0 aliphatic carbocycles. The third-order valence-electron chi connectivity index (χ3n) is 6.19. The maximum atomic E-state index is 14.2. The lowest BCUT2D eigenvalue weighted by molar-refractivity contribution is 0.0350. The number of ether oxygens (including phenoxy) is 3. The number of allylic oxidation sites excluding steroid dienone is 2. The molecule has 1 N–H and O–H groups in total. The molecule has 37 heavy (non-hydrogen) atoms. The number of hydrogen-bond donors (Lipinski definition) is 1. The molecule has 3 aliphatic rings. The monoisotopic (exact) mass is 528 g/mol. The van der Waals surface area contributed by atoms with Crippen molar-refractivity contribution >= 4 is 17.7 Å². The molecule has 0 spiro atoms. The van der Waals surface area contributed by atoms with Crippen molar-refractivity contribution in [3.05, 3.63) is 82.8 Å². The first-order valence-corrected chi connectivity index (χ1v) is 13.0. The number of fused-ring (bicyclic) bond motifs is 1. The molecule has 0 bridgehead atoms. The normalized spacial score (nSPS) is 19.2. The number of nitrogens with one attached hydrogen (secondary N) is 1. The molecule has 0 aromatic heterocycles. The van der Waals surface area contributed by atoms with Crippen LogP contribution in [0, 0.1) is 5.82 Å². The minimum Gasteiger partial charge on any atom is -0.485 e. The van der Waals surface area contributed by atoms with Gasteiger partial charge in [-0.1, -0.05) is 42.0 Å². The second kappa shape index (κ2) is 12.0. The summed E-state index contributed by atoms with van der Waals surface area (Å²) in [6.45, 7) is 8.46. The Labute approximate surface area is 223 Å². The van der Waals surface area contributed by atoms with Crippen molar-refractivity contribution in [1.82, 2.24) is 10.2 Å². The Bertz CT molecular complexity index is 1160. The maximum Gasteiger partial charge on any atom is 0.414 e. The zero-order chi connectivity index (χ0) is 26.4. The summed E-state index contributed by atoms with van der Waals surface area (Å²) in [6, 6.07) is 10.7. The van der Waals surface area contributed by atoms with Crippen LogP contribution in [0.2, 0.25) is 5.02 Å². The number of carbonyl (C=O) groups excluding carboxylic acids is 1. The van der Waals surface area contributed by atoms with E-state index in [0.717, 1.165) is 43.0 Å². The molecule has 0 saturated carbocycles. The summed E-state index contributed by atoms with van der Waals surface area (Å²) in [5, 5.41) is 3.76. The number of halogens is 2. The van der Waals surface area contributed by atoms with Crippen molar-refractivity contribution in [1.29, 1.82) is 0 Å². The smallest absolute Gasteiger partial charge is 0.414 e. The van der Waals surface area contributed by atoms with Crippen LogP contribution >= 0.6 is 11.6 Å². The van der Waals surface area contributed by atoms with Crippen LogP contribution < -0.4 is 14.8 Å². The van der Waals surface area contributed by atoms with Crippen molar-refractivity contribution in [2.45, 2.75) is 51.2 Å². The quantitative estimate of drug-likeness (QED) is 0.466. The standard InChI is InChI=1S/C19H19ClFNO2.C10H15NO2/c20-13-4-5-15(16(21)10-13)18-11-23-17-3-1-2-14(19(17)24-18)12-6-8-22-9-7-12;1-10(2,3)13-9(12)11-7-5-4-6-8-11/h1-5,10,12,18,22H,6-9,11H2;4-7H,8H2,1-3H3/t18-;/m1./s1. The van der Waals surface area contributed by atoms with Gasteiger partial charge in [0.05, 0.1) is 0 Å². The highest BCUT2D eigenvalue weighted by Crippen LogP contribution is 2.44. The largest absolute Gasteiger partial charge is 0.485 e. The summed E-state index contributed by atoms with van der Waals surface area (Å²) in [5.41, 5.74) is 1.21. The highest BCUT2D eigenvalue weighted by atomic mass is 35.5. The van der Waals surface area contributed by atoms with Crippen molar-refractivity contribution in [2.75, 3.05) is 26.2 Å². The predicted octanol–water partition coefficient (Wildman–Crippen LogP) is 6.77. The number of benzene rings is 2. The average Bonchev–Trinajstić information content (AvgIpc) is 2.88. The molecule has 0 unspecified atom stereocenters. The minimum atomic E-state index is -0.461. The van der Waals surface area contributed by atoms with E-state index in [-0.39, 0.29) is 11.9 Å². The number of nitrogens with zero attached hydrogens (tertiary/aromatic N) is 1. The fraction of sp³-hybridized carbons (Fsp3) is 0.414. The van der Waals surface area contributed by atoms with Crippen LogP contribution in [-0.2, 0) is 4.74 Å². The van der Waals surface area contributed by atoms with Gasteiger partial charge in [-0.15, -0.1) is 0 Å². The van der Waals surface area contributed by atoms with Gasteiger partial charge in [-0.25, -0.2) is 9.18 Å². The third-order valence-corrected chi connectivity index (χ3v) is 6.43. The minimum absolute atomic E-state index is 0.293. The Morgan fingerprint density at radius 3 is 2.59 bits per heavy atom. The van der Waals surface area contributed by atoms with Crippen molar-refractivity contribution in [2.24, 2.45) is 0 Å². The van der Waals surface area contributed by atoms with E-state index in [0.29, 0.717) is 29.7 Å². The van der Waals surface area contributed by atoms with E-state index in [9.17, 15) is 9.18 Å². The number of amides is 1. The predicted molar refractivity (Wildman–Crippen MR) is 143 cm³/mol. The van der Waals surface area contributed by atoms with Gasteiger partial charge >= 0.3 is 6.09 Å². The molecule has 2 aromatic carbocycles. The Kier molecular flexibility index (Phi) is 8.77.